The van der Waals surface area contributed by atoms with E-state index in [0.29, 0.717) is 6.54 Å². The first kappa shape index (κ1) is 10.4. The Bertz CT molecular complexity index is 452. The molecule has 2 aliphatic heterocycles. The van der Waals surface area contributed by atoms with Crippen LogP contribution in [-0.4, -0.2) is 26.2 Å². The largest absolute Gasteiger partial charge is 0.371 e. The molecule has 0 atom stereocenters. The van der Waals surface area contributed by atoms with Crippen molar-refractivity contribution in [3.8, 4) is 0 Å². The monoisotopic (exact) mass is 231 g/mol. The van der Waals surface area contributed by atoms with Crippen LogP contribution in [0.3, 0.4) is 0 Å². The number of hydrogen-bond donors (Lipinski definition) is 1. The van der Waals surface area contributed by atoms with Crippen LogP contribution in [0.15, 0.2) is 18.2 Å². The van der Waals surface area contributed by atoms with Gasteiger partial charge in [0.05, 0.1) is 5.69 Å². The molecule has 0 radical (unpaired) electrons. The lowest BCUT2D eigenvalue weighted by molar-refractivity contribution is 0.246. The first-order valence-corrected chi connectivity index (χ1v) is 6.15. The van der Waals surface area contributed by atoms with Crippen LogP contribution >= 0.6 is 0 Å². The van der Waals surface area contributed by atoms with Gasteiger partial charge in [-0.25, -0.2) is 4.79 Å². The van der Waals surface area contributed by atoms with E-state index in [1.165, 1.54) is 24.1 Å². The lowest BCUT2D eigenvalue weighted by Crippen LogP contribution is -2.41. The number of amides is 2. The van der Waals surface area contributed by atoms with Gasteiger partial charge in [-0.05, 0) is 30.5 Å². The number of carbonyl (C=O) groups is 1. The fraction of sp³-hybridized carbons (Fsp3) is 0.462. The van der Waals surface area contributed by atoms with Crippen LogP contribution in [0.25, 0.3) is 0 Å². The molecule has 0 aromatic heterocycles. The molecule has 0 bridgehead atoms. The maximum absolute atomic E-state index is 11.6. The van der Waals surface area contributed by atoms with Gasteiger partial charge in [-0.1, -0.05) is 6.07 Å². The van der Waals surface area contributed by atoms with Crippen molar-refractivity contribution in [2.75, 3.05) is 29.9 Å². The molecule has 2 heterocycles. The zero-order valence-electron chi connectivity index (χ0n) is 10.1. The normalized spacial score (nSPS) is 19.2. The Morgan fingerprint density at radius 3 is 2.76 bits per heavy atom. The summed E-state index contributed by atoms with van der Waals surface area (Å²) in [4.78, 5) is 15.7. The lowest BCUT2D eigenvalue weighted by Gasteiger charge is -2.28. The van der Waals surface area contributed by atoms with Gasteiger partial charge >= 0.3 is 6.03 Å². The molecule has 1 aromatic carbocycles. The molecule has 0 aliphatic carbocycles. The molecule has 1 N–H and O–H groups in total. The average Bonchev–Trinajstić information content (AvgIpc) is 2.87. The van der Waals surface area contributed by atoms with Crippen molar-refractivity contribution < 1.29 is 4.79 Å². The van der Waals surface area contributed by atoms with Gasteiger partial charge in [0.25, 0.3) is 0 Å². The average molecular weight is 231 g/mol. The zero-order chi connectivity index (χ0) is 11.8. The SMILES string of the molecule is CN1C(=O)NCc2ccc(N3CCCC3)cc21. The molecule has 1 fully saturated rings. The highest BCUT2D eigenvalue weighted by atomic mass is 16.2. The summed E-state index contributed by atoms with van der Waals surface area (Å²) in [5, 5.41) is 2.85. The summed E-state index contributed by atoms with van der Waals surface area (Å²) in [5.74, 6) is 0. The van der Waals surface area contributed by atoms with E-state index >= 15 is 0 Å². The van der Waals surface area contributed by atoms with Crippen molar-refractivity contribution in [1.29, 1.82) is 0 Å². The first-order chi connectivity index (χ1) is 8.25. The molecule has 3 rings (SSSR count). The van der Waals surface area contributed by atoms with Crippen molar-refractivity contribution in [2.24, 2.45) is 0 Å². The number of nitrogens with zero attached hydrogens (tertiary/aromatic N) is 2. The minimum Gasteiger partial charge on any atom is -0.371 e. The Hall–Kier alpha value is -1.71. The second kappa shape index (κ2) is 3.95. The van der Waals surface area contributed by atoms with Crippen LogP contribution in [-0.2, 0) is 6.54 Å². The van der Waals surface area contributed by atoms with Crippen molar-refractivity contribution >= 4 is 17.4 Å². The van der Waals surface area contributed by atoms with Crippen molar-refractivity contribution in [2.45, 2.75) is 19.4 Å². The third kappa shape index (κ3) is 1.73. The summed E-state index contributed by atoms with van der Waals surface area (Å²) in [6, 6.07) is 6.41. The Balaban J connectivity index is 1.96. The van der Waals surface area contributed by atoms with E-state index in [2.05, 4.69) is 28.4 Å². The molecule has 2 amide bonds. The van der Waals surface area contributed by atoms with E-state index in [1.54, 1.807) is 4.90 Å². The summed E-state index contributed by atoms with van der Waals surface area (Å²) < 4.78 is 0. The summed E-state index contributed by atoms with van der Waals surface area (Å²) >= 11 is 0. The maximum Gasteiger partial charge on any atom is 0.321 e. The Labute approximate surface area is 101 Å². The molecule has 1 saturated heterocycles. The number of fused-ring (bicyclic) bond motifs is 1. The zero-order valence-corrected chi connectivity index (χ0v) is 10.1. The van der Waals surface area contributed by atoms with Crippen molar-refractivity contribution in [1.82, 2.24) is 5.32 Å². The topological polar surface area (TPSA) is 35.6 Å². The number of benzene rings is 1. The van der Waals surface area contributed by atoms with E-state index in [0.717, 1.165) is 18.8 Å². The molecule has 4 heteroatoms. The van der Waals surface area contributed by atoms with E-state index in [-0.39, 0.29) is 6.03 Å². The number of rotatable bonds is 1. The summed E-state index contributed by atoms with van der Waals surface area (Å²) in [6.07, 6.45) is 2.54. The van der Waals surface area contributed by atoms with Crippen molar-refractivity contribution in [3.63, 3.8) is 0 Å². The number of anilines is 2. The molecule has 0 unspecified atom stereocenters. The predicted octanol–water partition coefficient (Wildman–Crippen LogP) is 1.95. The third-order valence-corrected chi connectivity index (χ3v) is 3.64. The van der Waals surface area contributed by atoms with Crippen LogP contribution in [0.5, 0.6) is 0 Å². The van der Waals surface area contributed by atoms with E-state index in [9.17, 15) is 4.79 Å². The van der Waals surface area contributed by atoms with Crippen molar-refractivity contribution in [3.05, 3.63) is 23.8 Å². The van der Waals surface area contributed by atoms with Gasteiger partial charge in [-0.15, -0.1) is 0 Å². The molecule has 0 spiro atoms. The lowest BCUT2D eigenvalue weighted by atomic mass is 10.1. The number of hydrogen-bond acceptors (Lipinski definition) is 2. The fourth-order valence-electron chi connectivity index (χ4n) is 2.58. The highest BCUT2D eigenvalue weighted by molar-refractivity contribution is 5.94. The van der Waals surface area contributed by atoms with E-state index in [4.69, 9.17) is 0 Å². The van der Waals surface area contributed by atoms with E-state index < -0.39 is 0 Å². The van der Waals surface area contributed by atoms with Crippen LogP contribution in [0.2, 0.25) is 0 Å². The molecular formula is C13H17N3O. The predicted molar refractivity (Wildman–Crippen MR) is 68.5 cm³/mol. The first-order valence-electron chi connectivity index (χ1n) is 6.15. The smallest absolute Gasteiger partial charge is 0.321 e. The minimum absolute atomic E-state index is 0.0175. The second-order valence-corrected chi connectivity index (χ2v) is 4.72. The number of nitrogens with one attached hydrogen (secondary N) is 1. The molecule has 0 saturated carbocycles. The van der Waals surface area contributed by atoms with Gasteiger partial charge in [-0.2, -0.15) is 0 Å². The van der Waals surface area contributed by atoms with Gasteiger partial charge in [0.1, 0.15) is 0 Å². The minimum atomic E-state index is -0.0175. The van der Waals surface area contributed by atoms with Gasteiger partial charge in [-0.3, -0.25) is 4.90 Å². The fourth-order valence-corrected chi connectivity index (χ4v) is 2.58. The highest BCUT2D eigenvalue weighted by Crippen LogP contribution is 2.30. The Kier molecular flexibility index (Phi) is 2.42. The summed E-state index contributed by atoms with van der Waals surface area (Å²) in [6.45, 7) is 2.90. The quantitative estimate of drug-likeness (QED) is 0.801. The van der Waals surface area contributed by atoms with Crippen LogP contribution in [0.1, 0.15) is 18.4 Å². The van der Waals surface area contributed by atoms with Crippen LogP contribution < -0.4 is 15.1 Å². The molecule has 4 nitrogen and oxygen atoms in total. The number of carbonyl (C=O) groups excluding carboxylic acids is 1. The molecular weight excluding hydrogens is 214 g/mol. The standard InChI is InChI=1S/C13H17N3O/c1-15-12-8-11(16-6-2-3-7-16)5-4-10(12)9-14-13(15)17/h4-5,8H,2-3,6-7,9H2,1H3,(H,14,17). The van der Waals surface area contributed by atoms with Gasteiger partial charge in [0.15, 0.2) is 0 Å². The number of urea groups is 1. The highest BCUT2D eigenvalue weighted by Gasteiger charge is 2.22. The third-order valence-electron chi connectivity index (χ3n) is 3.64. The van der Waals surface area contributed by atoms with Gasteiger partial charge < -0.3 is 10.2 Å². The maximum atomic E-state index is 11.6. The second-order valence-electron chi connectivity index (χ2n) is 4.72. The summed E-state index contributed by atoms with van der Waals surface area (Å²) in [7, 11) is 1.82. The Morgan fingerprint density at radius 1 is 1.24 bits per heavy atom. The molecule has 90 valence electrons. The van der Waals surface area contributed by atoms with E-state index in [1.807, 2.05) is 7.05 Å². The molecule has 17 heavy (non-hydrogen) atoms. The summed E-state index contributed by atoms with van der Waals surface area (Å²) in [5.41, 5.74) is 3.47. The van der Waals surface area contributed by atoms with Crippen LogP contribution in [0, 0.1) is 0 Å². The molecule has 1 aromatic rings. The van der Waals surface area contributed by atoms with Gasteiger partial charge in [0, 0.05) is 32.4 Å². The molecule has 2 aliphatic rings. The Morgan fingerprint density at radius 2 is 2.00 bits per heavy atom. The van der Waals surface area contributed by atoms with Gasteiger partial charge in [0.2, 0.25) is 0 Å². The van der Waals surface area contributed by atoms with Crippen LogP contribution in [0.4, 0.5) is 16.2 Å².